The number of nitrogens with zero attached hydrogens (tertiary/aromatic N) is 3. The first-order valence-electron chi connectivity index (χ1n) is 12.2. The van der Waals surface area contributed by atoms with Gasteiger partial charge in [-0.1, -0.05) is 6.07 Å². The number of hydrogen-bond acceptors (Lipinski definition) is 8. The van der Waals surface area contributed by atoms with E-state index in [9.17, 15) is 18.0 Å². The highest BCUT2D eigenvalue weighted by molar-refractivity contribution is 5.95. The highest BCUT2D eigenvalue weighted by atomic mass is 19.4. The zero-order valence-electron chi connectivity index (χ0n) is 21.1. The monoisotopic (exact) mass is 523 g/mol. The van der Waals surface area contributed by atoms with E-state index in [0.717, 1.165) is 31.4 Å². The van der Waals surface area contributed by atoms with E-state index >= 15 is 0 Å². The molecule has 202 valence electrons. The van der Waals surface area contributed by atoms with E-state index in [0.29, 0.717) is 31.9 Å². The number of carbonyl (C=O) groups is 1. The van der Waals surface area contributed by atoms with E-state index in [1.165, 1.54) is 19.2 Å². The molecule has 9 nitrogen and oxygen atoms in total. The Labute approximate surface area is 213 Å². The van der Waals surface area contributed by atoms with Gasteiger partial charge in [-0.2, -0.15) is 23.1 Å². The van der Waals surface area contributed by atoms with E-state index in [4.69, 9.17) is 14.2 Å². The van der Waals surface area contributed by atoms with Crippen LogP contribution < -0.4 is 15.4 Å². The summed E-state index contributed by atoms with van der Waals surface area (Å²) in [5, 5.41) is 6.55. The van der Waals surface area contributed by atoms with Gasteiger partial charge >= 0.3 is 12.2 Å². The molecule has 0 radical (unpaired) electrons. The Balaban J connectivity index is 1.45. The van der Waals surface area contributed by atoms with Crippen LogP contribution in [0.2, 0.25) is 0 Å². The Bertz CT molecular complexity index is 1090. The number of alkyl halides is 3. The SMILES string of the molecule is COc1nc(Nc2cccc(C(F)(F)F)c2)c(C)c(C(=O)N2CCC(N[C@@H]3CCOC[C@@H]3OC)CC2)n1. The van der Waals surface area contributed by atoms with Crippen LogP contribution in [0.25, 0.3) is 0 Å². The smallest absolute Gasteiger partial charge is 0.416 e. The van der Waals surface area contributed by atoms with Gasteiger partial charge in [-0.3, -0.25) is 4.79 Å². The number of anilines is 2. The van der Waals surface area contributed by atoms with Gasteiger partial charge in [0.25, 0.3) is 5.91 Å². The third kappa shape index (κ3) is 6.49. The van der Waals surface area contributed by atoms with E-state index in [1.807, 2.05) is 0 Å². The molecule has 2 aliphatic heterocycles. The second kappa shape index (κ2) is 11.6. The number of hydrogen-bond donors (Lipinski definition) is 2. The van der Waals surface area contributed by atoms with E-state index in [-0.39, 0.29) is 47.3 Å². The lowest BCUT2D eigenvalue weighted by Crippen LogP contribution is -2.54. The van der Waals surface area contributed by atoms with Crippen molar-refractivity contribution in [1.29, 1.82) is 0 Å². The van der Waals surface area contributed by atoms with Crippen molar-refractivity contribution in [2.45, 2.75) is 50.6 Å². The van der Waals surface area contributed by atoms with E-state index in [1.54, 1.807) is 18.9 Å². The molecule has 1 aromatic carbocycles. The lowest BCUT2D eigenvalue weighted by atomic mass is 9.99. The minimum Gasteiger partial charge on any atom is -0.467 e. The fraction of sp³-hybridized carbons (Fsp3) is 0.560. The molecule has 2 N–H and O–H groups in total. The molecule has 0 aliphatic carbocycles. The lowest BCUT2D eigenvalue weighted by molar-refractivity contribution is -0.137. The third-order valence-electron chi connectivity index (χ3n) is 6.80. The minimum absolute atomic E-state index is 0.00675. The average Bonchev–Trinajstić information content (AvgIpc) is 2.90. The number of ether oxygens (including phenoxy) is 3. The largest absolute Gasteiger partial charge is 0.467 e. The third-order valence-corrected chi connectivity index (χ3v) is 6.80. The second-order valence-corrected chi connectivity index (χ2v) is 9.21. The molecule has 2 aliphatic rings. The predicted octanol–water partition coefficient (Wildman–Crippen LogP) is 3.55. The Morgan fingerprint density at radius 2 is 1.92 bits per heavy atom. The van der Waals surface area contributed by atoms with Gasteiger partial charge in [-0.15, -0.1) is 0 Å². The molecule has 2 fully saturated rings. The predicted molar refractivity (Wildman–Crippen MR) is 130 cm³/mol. The number of amides is 1. The summed E-state index contributed by atoms with van der Waals surface area (Å²) in [6.45, 7) is 4.00. The molecule has 3 heterocycles. The standard InChI is InChI=1S/C25H32F3N5O4/c1-15-21(23(34)33-10-7-17(8-11-33)29-19-9-12-37-14-20(19)35-2)31-24(36-3)32-22(15)30-18-6-4-5-16(13-18)25(26,27)28/h4-6,13,17,19-20,29H,7-12,14H2,1-3H3,(H,30,31,32)/t19-,20+/m1/s1. The second-order valence-electron chi connectivity index (χ2n) is 9.21. The van der Waals surface area contributed by atoms with Crippen molar-refractivity contribution in [3.05, 3.63) is 41.1 Å². The van der Waals surface area contributed by atoms with Crippen molar-refractivity contribution in [2.24, 2.45) is 0 Å². The number of aromatic nitrogens is 2. The van der Waals surface area contributed by atoms with Gasteiger partial charge in [0, 0.05) is 50.1 Å². The van der Waals surface area contributed by atoms with Crippen LogP contribution >= 0.6 is 0 Å². The Hall–Kier alpha value is -2.96. The van der Waals surface area contributed by atoms with Gasteiger partial charge in [0.2, 0.25) is 0 Å². The lowest BCUT2D eigenvalue weighted by Gasteiger charge is -2.38. The number of rotatable bonds is 7. The Morgan fingerprint density at radius 3 is 2.59 bits per heavy atom. The van der Waals surface area contributed by atoms with E-state index in [2.05, 4.69) is 20.6 Å². The van der Waals surface area contributed by atoms with Crippen molar-refractivity contribution in [3.8, 4) is 6.01 Å². The van der Waals surface area contributed by atoms with Gasteiger partial charge in [-0.25, -0.2) is 0 Å². The number of piperidine rings is 1. The normalized spacial score (nSPS) is 21.1. The molecular weight excluding hydrogens is 491 g/mol. The fourth-order valence-electron chi connectivity index (χ4n) is 4.66. The van der Waals surface area contributed by atoms with Gasteiger partial charge in [0.05, 0.1) is 25.4 Å². The zero-order valence-corrected chi connectivity index (χ0v) is 21.1. The minimum atomic E-state index is -4.48. The summed E-state index contributed by atoms with van der Waals surface area (Å²) >= 11 is 0. The number of carbonyl (C=O) groups excluding carboxylic acids is 1. The zero-order chi connectivity index (χ0) is 26.6. The summed E-state index contributed by atoms with van der Waals surface area (Å²) in [4.78, 5) is 23.7. The first kappa shape index (κ1) is 27.1. The van der Waals surface area contributed by atoms with Crippen LogP contribution in [0, 0.1) is 6.92 Å². The van der Waals surface area contributed by atoms with Crippen molar-refractivity contribution >= 4 is 17.4 Å². The number of nitrogens with one attached hydrogen (secondary N) is 2. The topological polar surface area (TPSA) is 97.8 Å². The van der Waals surface area contributed by atoms with Crippen molar-refractivity contribution < 1.29 is 32.2 Å². The molecule has 4 rings (SSSR count). The van der Waals surface area contributed by atoms with Crippen LogP contribution in [0.15, 0.2) is 24.3 Å². The Morgan fingerprint density at radius 1 is 1.16 bits per heavy atom. The summed E-state index contributed by atoms with van der Waals surface area (Å²) in [5.41, 5.74) is -0.0295. The van der Waals surface area contributed by atoms with Gasteiger partial charge in [0.1, 0.15) is 11.5 Å². The summed E-state index contributed by atoms with van der Waals surface area (Å²) in [7, 11) is 3.05. The molecule has 1 aromatic heterocycles. The maximum atomic E-state index is 13.4. The fourth-order valence-corrected chi connectivity index (χ4v) is 4.66. The molecule has 12 heteroatoms. The van der Waals surface area contributed by atoms with Crippen molar-refractivity contribution in [3.63, 3.8) is 0 Å². The molecule has 1 amide bonds. The maximum Gasteiger partial charge on any atom is 0.416 e. The highest BCUT2D eigenvalue weighted by Crippen LogP contribution is 2.32. The molecule has 0 unspecified atom stereocenters. The summed E-state index contributed by atoms with van der Waals surface area (Å²) in [5.74, 6) is -0.0687. The van der Waals surface area contributed by atoms with Crippen LogP contribution in [-0.4, -0.2) is 79.5 Å². The van der Waals surface area contributed by atoms with Gasteiger partial charge in [-0.05, 0) is 44.4 Å². The molecule has 2 saturated heterocycles. The molecule has 0 bridgehead atoms. The van der Waals surface area contributed by atoms with Gasteiger partial charge in [0.15, 0.2) is 0 Å². The molecule has 2 aromatic rings. The quantitative estimate of drug-likeness (QED) is 0.569. The molecule has 2 atom stereocenters. The summed E-state index contributed by atoms with van der Waals surface area (Å²) < 4.78 is 55.6. The summed E-state index contributed by atoms with van der Waals surface area (Å²) in [6.07, 6.45) is -2.05. The molecule has 37 heavy (non-hydrogen) atoms. The number of benzene rings is 1. The summed E-state index contributed by atoms with van der Waals surface area (Å²) in [6, 6.07) is 5.19. The number of halogens is 3. The van der Waals surface area contributed by atoms with Crippen molar-refractivity contribution in [1.82, 2.24) is 20.2 Å². The van der Waals surface area contributed by atoms with Crippen LogP contribution in [0.1, 0.15) is 40.9 Å². The van der Waals surface area contributed by atoms with Crippen LogP contribution in [-0.2, 0) is 15.7 Å². The number of methoxy groups -OCH3 is 2. The first-order chi connectivity index (χ1) is 17.7. The van der Waals surface area contributed by atoms with Crippen LogP contribution in [0.5, 0.6) is 6.01 Å². The first-order valence-corrected chi connectivity index (χ1v) is 12.2. The van der Waals surface area contributed by atoms with Crippen LogP contribution in [0.4, 0.5) is 24.7 Å². The highest BCUT2D eigenvalue weighted by Gasteiger charge is 2.32. The van der Waals surface area contributed by atoms with Crippen molar-refractivity contribution in [2.75, 3.05) is 45.8 Å². The molecular formula is C25H32F3N5O4. The Kier molecular flexibility index (Phi) is 8.50. The molecule has 0 spiro atoms. The average molecular weight is 524 g/mol. The van der Waals surface area contributed by atoms with Gasteiger partial charge < -0.3 is 29.7 Å². The van der Waals surface area contributed by atoms with E-state index < -0.39 is 11.7 Å². The number of likely N-dealkylation sites (tertiary alicyclic amines) is 1. The molecule has 0 saturated carbocycles. The van der Waals surface area contributed by atoms with Crippen LogP contribution in [0.3, 0.4) is 0 Å². The maximum absolute atomic E-state index is 13.4.